The van der Waals surface area contributed by atoms with Crippen LogP contribution in [0, 0.1) is 11.3 Å². The number of methoxy groups -OCH3 is 1. The highest BCUT2D eigenvalue weighted by Gasteiger charge is 2.37. The number of rotatable bonds is 4. The second-order valence-electron chi connectivity index (χ2n) is 5.71. The van der Waals surface area contributed by atoms with E-state index >= 15 is 0 Å². The molecule has 0 radical (unpaired) electrons. The first kappa shape index (κ1) is 17.4. The fourth-order valence-electron chi connectivity index (χ4n) is 2.97. The molecule has 132 valence electrons. The van der Waals surface area contributed by atoms with E-state index in [1.165, 1.54) is 29.6 Å². The highest BCUT2D eigenvalue weighted by atomic mass is 32.2. The highest BCUT2D eigenvalue weighted by Crippen LogP contribution is 2.33. The minimum atomic E-state index is -3.82. The first-order chi connectivity index (χ1) is 12.0. The topological polar surface area (TPSA) is 100 Å². The third-order valence-corrected chi connectivity index (χ3v) is 6.18. The summed E-state index contributed by atoms with van der Waals surface area (Å²) in [7, 11) is -0.586. The van der Waals surface area contributed by atoms with Crippen molar-refractivity contribution in [3.8, 4) is 11.8 Å². The zero-order valence-corrected chi connectivity index (χ0v) is 14.8. The van der Waals surface area contributed by atoms with E-state index in [1.54, 1.807) is 12.4 Å². The van der Waals surface area contributed by atoms with Gasteiger partial charge in [-0.05, 0) is 18.2 Å². The highest BCUT2D eigenvalue weighted by molar-refractivity contribution is 7.89. The number of hydrogen-bond donors (Lipinski definition) is 1. The summed E-state index contributed by atoms with van der Waals surface area (Å²) in [5.41, 5.74) is 0.344. The van der Waals surface area contributed by atoms with Crippen LogP contribution < -0.4 is 10.1 Å². The van der Waals surface area contributed by atoms with E-state index in [0.717, 1.165) is 0 Å². The van der Waals surface area contributed by atoms with Crippen LogP contribution in [0.1, 0.15) is 17.4 Å². The lowest BCUT2D eigenvalue weighted by atomic mass is 10.2. The van der Waals surface area contributed by atoms with Gasteiger partial charge in [0.2, 0.25) is 10.0 Å². The molecule has 1 fully saturated rings. The Labute approximate surface area is 146 Å². The van der Waals surface area contributed by atoms with Gasteiger partial charge in [-0.15, -0.1) is 0 Å². The number of nitrogens with zero attached hydrogens (tertiary/aromatic N) is 4. The smallest absolute Gasteiger partial charge is 0.247 e. The van der Waals surface area contributed by atoms with E-state index in [4.69, 9.17) is 10.00 Å². The number of benzene rings is 1. The van der Waals surface area contributed by atoms with Crippen LogP contribution in [-0.4, -0.2) is 49.0 Å². The maximum atomic E-state index is 13.3. The maximum absolute atomic E-state index is 13.3. The summed E-state index contributed by atoms with van der Waals surface area (Å²) in [5.74, 6) is 0.833. The molecule has 1 aromatic carbocycles. The normalized spacial score (nSPS) is 18.7. The van der Waals surface area contributed by atoms with Crippen molar-refractivity contribution in [2.24, 2.45) is 7.05 Å². The van der Waals surface area contributed by atoms with Crippen LogP contribution in [0.25, 0.3) is 0 Å². The number of aryl methyl sites for hydroxylation is 1. The molecule has 1 N–H and O–H groups in total. The lowest BCUT2D eigenvalue weighted by Gasteiger charge is -2.34. The Morgan fingerprint density at radius 2 is 2.24 bits per heavy atom. The number of aromatic nitrogens is 2. The quantitative estimate of drug-likeness (QED) is 0.858. The van der Waals surface area contributed by atoms with Gasteiger partial charge in [0.1, 0.15) is 16.5 Å². The fraction of sp³-hybridized carbons (Fsp3) is 0.375. The van der Waals surface area contributed by atoms with Crippen LogP contribution in [0.15, 0.2) is 35.5 Å². The van der Waals surface area contributed by atoms with Gasteiger partial charge in [0.15, 0.2) is 0 Å². The third-order valence-electron chi connectivity index (χ3n) is 4.23. The predicted octanol–water partition coefficient (Wildman–Crippen LogP) is 0.636. The Hall–Kier alpha value is -2.41. The molecule has 0 aliphatic carbocycles. The van der Waals surface area contributed by atoms with Crippen molar-refractivity contribution in [1.29, 1.82) is 5.26 Å². The second kappa shape index (κ2) is 6.84. The van der Waals surface area contributed by atoms with Crippen LogP contribution >= 0.6 is 0 Å². The lowest BCUT2D eigenvalue weighted by molar-refractivity contribution is 0.257. The van der Waals surface area contributed by atoms with E-state index in [1.807, 2.05) is 17.7 Å². The van der Waals surface area contributed by atoms with Gasteiger partial charge >= 0.3 is 0 Å². The van der Waals surface area contributed by atoms with Crippen molar-refractivity contribution in [3.63, 3.8) is 0 Å². The third kappa shape index (κ3) is 3.11. The Morgan fingerprint density at radius 3 is 2.88 bits per heavy atom. The lowest BCUT2D eigenvalue weighted by Crippen LogP contribution is -2.49. The predicted molar refractivity (Wildman–Crippen MR) is 90.4 cm³/mol. The monoisotopic (exact) mass is 361 g/mol. The SMILES string of the molecule is COc1cc(C#N)ccc1S(=O)(=O)N1CCNCC1c1nccn1C. The van der Waals surface area contributed by atoms with E-state index in [-0.39, 0.29) is 10.6 Å². The van der Waals surface area contributed by atoms with Gasteiger partial charge in [0, 0.05) is 39.1 Å². The number of hydrogen-bond acceptors (Lipinski definition) is 6. The summed E-state index contributed by atoms with van der Waals surface area (Å²) in [5, 5.41) is 12.2. The molecule has 1 saturated heterocycles. The number of imidazole rings is 1. The van der Waals surface area contributed by atoms with Crippen LogP contribution in [-0.2, 0) is 17.1 Å². The Kier molecular flexibility index (Phi) is 4.76. The van der Waals surface area contributed by atoms with Gasteiger partial charge < -0.3 is 14.6 Å². The van der Waals surface area contributed by atoms with Crippen LogP contribution in [0.3, 0.4) is 0 Å². The molecule has 1 aliphatic rings. The first-order valence-corrected chi connectivity index (χ1v) is 9.21. The van der Waals surface area contributed by atoms with Crippen LogP contribution in [0.2, 0.25) is 0 Å². The minimum absolute atomic E-state index is 0.0510. The van der Waals surface area contributed by atoms with E-state index in [0.29, 0.717) is 31.0 Å². The molecule has 25 heavy (non-hydrogen) atoms. The van der Waals surface area contributed by atoms with E-state index in [9.17, 15) is 8.42 Å². The molecule has 9 heteroatoms. The molecule has 1 aliphatic heterocycles. The van der Waals surface area contributed by atoms with Crippen molar-refractivity contribution < 1.29 is 13.2 Å². The zero-order chi connectivity index (χ0) is 18.0. The molecule has 0 saturated carbocycles. The van der Waals surface area contributed by atoms with Crippen molar-refractivity contribution in [1.82, 2.24) is 19.2 Å². The van der Waals surface area contributed by atoms with E-state index in [2.05, 4.69) is 10.3 Å². The van der Waals surface area contributed by atoms with Gasteiger partial charge in [-0.1, -0.05) is 0 Å². The molecule has 1 unspecified atom stereocenters. The Bertz CT molecular complexity index is 916. The first-order valence-electron chi connectivity index (χ1n) is 7.77. The molecule has 0 bridgehead atoms. The Balaban J connectivity index is 2.06. The summed E-state index contributed by atoms with van der Waals surface area (Å²) >= 11 is 0. The summed E-state index contributed by atoms with van der Waals surface area (Å²) in [6, 6.07) is 5.91. The molecule has 2 heterocycles. The number of sulfonamides is 1. The molecule has 8 nitrogen and oxygen atoms in total. The summed E-state index contributed by atoms with van der Waals surface area (Å²) in [6.07, 6.45) is 3.44. The van der Waals surface area contributed by atoms with Crippen molar-refractivity contribution in [2.45, 2.75) is 10.9 Å². The van der Waals surface area contributed by atoms with Crippen molar-refractivity contribution >= 4 is 10.0 Å². The molecule has 1 aromatic heterocycles. The van der Waals surface area contributed by atoms with Gasteiger partial charge in [-0.25, -0.2) is 13.4 Å². The maximum Gasteiger partial charge on any atom is 0.247 e. The van der Waals surface area contributed by atoms with Crippen molar-refractivity contribution in [2.75, 3.05) is 26.7 Å². The van der Waals surface area contributed by atoms with Gasteiger partial charge in [0.25, 0.3) is 0 Å². The van der Waals surface area contributed by atoms with Crippen molar-refractivity contribution in [3.05, 3.63) is 42.0 Å². The summed E-state index contributed by atoms with van der Waals surface area (Å²) in [6.45, 7) is 1.35. The minimum Gasteiger partial charge on any atom is -0.495 e. The standard InChI is InChI=1S/C16H19N5O3S/c1-20-7-6-19-16(20)13-11-18-5-8-21(13)25(22,23)15-4-3-12(10-17)9-14(15)24-2/h3-4,6-7,9,13,18H,5,8,11H2,1-2H3. The number of piperazine rings is 1. The summed E-state index contributed by atoms with van der Waals surface area (Å²) < 4.78 is 35.0. The number of nitriles is 1. The van der Waals surface area contributed by atoms with Gasteiger partial charge in [-0.3, -0.25) is 0 Å². The molecule has 3 rings (SSSR count). The molecule has 2 aromatic rings. The number of nitrogens with one attached hydrogen (secondary N) is 1. The molecule has 0 spiro atoms. The van der Waals surface area contributed by atoms with Crippen LogP contribution in [0.4, 0.5) is 0 Å². The summed E-state index contributed by atoms with van der Waals surface area (Å²) in [4.78, 5) is 4.36. The average molecular weight is 361 g/mol. The van der Waals surface area contributed by atoms with Gasteiger partial charge in [-0.2, -0.15) is 9.57 Å². The molecular weight excluding hydrogens is 342 g/mol. The molecule has 1 atom stereocenters. The average Bonchev–Trinajstić information content (AvgIpc) is 3.06. The molecule has 0 amide bonds. The second-order valence-corrected chi connectivity index (χ2v) is 7.57. The van der Waals surface area contributed by atoms with Gasteiger partial charge in [0.05, 0.1) is 24.8 Å². The number of ether oxygens (including phenoxy) is 1. The zero-order valence-electron chi connectivity index (χ0n) is 14.0. The van der Waals surface area contributed by atoms with Crippen LogP contribution in [0.5, 0.6) is 5.75 Å². The Morgan fingerprint density at radius 1 is 1.44 bits per heavy atom. The molecular formula is C16H19N5O3S. The largest absolute Gasteiger partial charge is 0.495 e. The fourth-order valence-corrected chi connectivity index (χ4v) is 4.69. The van der Waals surface area contributed by atoms with E-state index < -0.39 is 16.1 Å².